The van der Waals surface area contributed by atoms with E-state index >= 15 is 0 Å². The number of esters is 1. The SMILES string of the molecule is CCCCCCC1CCC2C[C@H](C(=O)Oc3ccc(CCC)cc3)CC[C@@H]2C1. The second-order valence-electron chi connectivity index (χ2n) is 9.37. The summed E-state index contributed by atoms with van der Waals surface area (Å²) in [5.74, 6) is 3.39. The van der Waals surface area contributed by atoms with Crippen LogP contribution in [0.5, 0.6) is 5.75 Å². The maximum absolute atomic E-state index is 12.7. The number of aryl methyl sites for hydroxylation is 1. The van der Waals surface area contributed by atoms with Crippen molar-refractivity contribution in [2.24, 2.45) is 23.7 Å². The number of carbonyl (C=O) groups is 1. The molecule has 2 fully saturated rings. The summed E-state index contributed by atoms with van der Waals surface area (Å²) in [5.41, 5.74) is 1.31. The smallest absolute Gasteiger partial charge is 0.314 e. The zero-order valence-electron chi connectivity index (χ0n) is 18.1. The van der Waals surface area contributed by atoms with Gasteiger partial charge in [0.15, 0.2) is 0 Å². The molecule has 0 aromatic heterocycles. The van der Waals surface area contributed by atoms with Crippen molar-refractivity contribution in [1.82, 2.24) is 0 Å². The molecule has 2 aliphatic carbocycles. The van der Waals surface area contributed by atoms with Gasteiger partial charge in [-0.25, -0.2) is 0 Å². The molecule has 0 saturated heterocycles. The average molecular weight is 385 g/mol. The van der Waals surface area contributed by atoms with Gasteiger partial charge >= 0.3 is 5.97 Å². The maximum Gasteiger partial charge on any atom is 0.314 e. The van der Waals surface area contributed by atoms with Crippen LogP contribution >= 0.6 is 0 Å². The van der Waals surface area contributed by atoms with Crippen LogP contribution in [-0.4, -0.2) is 5.97 Å². The topological polar surface area (TPSA) is 26.3 Å². The minimum absolute atomic E-state index is 0.00313. The van der Waals surface area contributed by atoms with Crippen LogP contribution in [0.1, 0.15) is 96.5 Å². The first-order valence-electron chi connectivity index (χ1n) is 12.0. The van der Waals surface area contributed by atoms with E-state index in [4.69, 9.17) is 4.74 Å². The van der Waals surface area contributed by atoms with E-state index in [1.54, 1.807) is 0 Å². The van der Waals surface area contributed by atoms with Crippen molar-refractivity contribution in [2.45, 2.75) is 97.3 Å². The number of ether oxygens (including phenoxy) is 1. The molecule has 3 rings (SSSR count). The van der Waals surface area contributed by atoms with Crippen LogP contribution in [0.15, 0.2) is 24.3 Å². The van der Waals surface area contributed by atoms with E-state index in [0.29, 0.717) is 5.75 Å². The Balaban J connectivity index is 1.43. The summed E-state index contributed by atoms with van der Waals surface area (Å²) in [6.07, 6.45) is 16.6. The van der Waals surface area contributed by atoms with Crippen molar-refractivity contribution in [1.29, 1.82) is 0 Å². The Kier molecular flexibility index (Phi) is 8.43. The van der Waals surface area contributed by atoms with Crippen LogP contribution in [0, 0.1) is 23.7 Å². The lowest BCUT2D eigenvalue weighted by atomic mass is 9.64. The van der Waals surface area contributed by atoms with E-state index in [1.807, 2.05) is 12.1 Å². The fraction of sp³-hybridized carbons (Fsp3) is 0.731. The highest BCUT2D eigenvalue weighted by Gasteiger charge is 2.38. The lowest BCUT2D eigenvalue weighted by Crippen LogP contribution is -2.35. The Morgan fingerprint density at radius 3 is 2.39 bits per heavy atom. The molecule has 0 radical (unpaired) electrons. The quantitative estimate of drug-likeness (QED) is 0.253. The van der Waals surface area contributed by atoms with Crippen molar-refractivity contribution in [2.75, 3.05) is 0 Å². The standard InChI is InChI=1S/C26H40O2/c1-3-5-6-7-9-21-10-13-23-19-24(15-14-22(23)18-21)26(27)28-25-16-11-20(8-4-2)12-17-25/h11-12,16-17,21-24H,3-10,13-15,18-19H2,1-2H3/t21?,22-,23?,24-/m1/s1. The van der Waals surface area contributed by atoms with E-state index in [-0.39, 0.29) is 11.9 Å². The third-order valence-electron chi connectivity index (χ3n) is 7.20. The highest BCUT2D eigenvalue weighted by atomic mass is 16.5. The highest BCUT2D eigenvalue weighted by Crippen LogP contribution is 2.46. The van der Waals surface area contributed by atoms with Gasteiger partial charge in [0, 0.05) is 0 Å². The van der Waals surface area contributed by atoms with Gasteiger partial charge in [-0.2, -0.15) is 0 Å². The van der Waals surface area contributed by atoms with E-state index in [0.717, 1.165) is 43.4 Å². The summed E-state index contributed by atoms with van der Waals surface area (Å²) in [7, 11) is 0. The van der Waals surface area contributed by atoms with Gasteiger partial charge in [-0.3, -0.25) is 4.79 Å². The summed E-state index contributed by atoms with van der Waals surface area (Å²) >= 11 is 0. The molecule has 2 unspecified atom stereocenters. The van der Waals surface area contributed by atoms with Gasteiger partial charge in [-0.1, -0.05) is 70.9 Å². The number of rotatable bonds is 9. The fourth-order valence-electron chi connectivity index (χ4n) is 5.53. The molecular weight excluding hydrogens is 344 g/mol. The van der Waals surface area contributed by atoms with Crippen LogP contribution in [0.25, 0.3) is 0 Å². The molecule has 2 saturated carbocycles. The van der Waals surface area contributed by atoms with Gasteiger partial charge in [-0.05, 0) is 74.0 Å². The molecule has 1 aromatic carbocycles. The van der Waals surface area contributed by atoms with Crippen molar-refractivity contribution in [3.63, 3.8) is 0 Å². The summed E-state index contributed by atoms with van der Waals surface area (Å²) in [6, 6.07) is 8.09. The third kappa shape index (κ3) is 6.09. The highest BCUT2D eigenvalue weighted by molar-refractivity contribution is 5.75. The zero-order valence-corrected chi connectivity index (χ0v) is 18.1. The molecule has 2 heteroatoms. The van der Waals surface area contributed by atoms with Crippen molar-refractivity contribution in [3.05, 3.63) is 29.8 Å². The molecule has 0 spiro atoms. The summed E-state index contributed by atoms with van der Waals surface area (Å²) in [4.78, 5) is 12.7. The predicted octanol–water partition coefficient (Wildman–Crippen LogP) is 7.35. The zero-order chi connectivity index (χ0) is 19.8. The number of benzene rings is 1. The minimum Gasteiger partial charge on any atom is -0.426 e. The van der Waals surface area contributed by atoms with Gasteiger partial charge < -0.3 is 4.74 Å². The molecular formula is C26H40O2. The molecule has 0 amide bonds. The summed E-state index contributed by atoms with van der Waals surface area (Å²) < 4.78 is 5.72. The molecule has 2 nitrogen and oxygen atoms in total. The normalized spacial score (nSPS) is 27.2. The van der Waals surface area contributed by atoms with Gasteiger partial charge in [0.05, 0.1) is 5.92 Å². The summed E-state index contributed by atoms with van der Waals surface area (Å²) in [5, 5.41) is 0. The Bertz CT molecular complexity index is 591. The molecule has 156 valence electrons. The summed E-state index contributed by atoms with van der Waals surface area (Å²) in [6.45, 7) is 4.47. The van der Waals surface area contributed by atoms with Crippen LogP contribution in [0.3, 0.4) is 0 Å². The first-order chi connectivity index (χ1) is 13.7. The maximum atomic E-state index is 12.7. The van der Waals surface area contributed by atoms with Gasteiger partial charge in [0.1, 0.15) is 5.75 Å². The Morgan fingerprint density at radius 1 is 0.893 bits per heavy atom. The van der Waals surface area contributed by atoms with E-state index < -0.39 is 0 Å². The number of unbranched alkanes of at least 4 members (excludes halogenated alkanes) is 3. The van der Waals surface area contributed by atoms with Crippen molar-refractivity contribution < 1.29 is 9.53 Å². The number of hydrogen-bond acceptors (Lipinski definition) is 2. The number of carbonyl (C=O) groups excluding carboxylic acids is 1. The Hall–Kier alpha value is -1.31. The lowest BCUT2D eigenvalue weighted by molar-refractivity contribution is -0.141. The van der Waals surface area contributed by atoms with Gasteiger partial charge in [0.25, 0.3) is 0 Å². The number of fused-ring (bicyclic) bond motifs is 1. The van der Waals surface area contributed by atoms with Crippen LogP contribution in [0.4, 0.5) is 0 Å². The second kappa shape index (κ2) is 11.0. The predicted molar refractivity (Wildman–Crippen MR) is 116 cm³/mol. The molecule has 0 heterocycles. The molecule has 4 atom stereocenters. The Morgan fingerprint density at radius 2 is 1.64 bits per heavy atom. The molecule has 0 N–H and O–H groups in total. The average Bonchev–Trinajstić information content (AvgIpc) is 2.72. The first-order valence-corrected chi connectivity index (χ1v) is 12.0. The van der Waals surface area contributed by atoms with Crippen LogP contribution in [-0.2, 0) is 11.2 Å². The second-order valence-corrected chi connectivity index (χ2v) is 9.37. The minimum atomic E-state index is 0.00313. The molecule has 0 bridgehead atoms. The van der Waals surface area contributed by atoms with Gasteiger partial charge in [-0.15, -0.1) is 0 Å². The molecule has 0 aliphatic heterocycles. The van der Waals surface area contributed by atoms with Crippen molar-refractivity contribution in [3.8, 4) is 5.75 Å². The lowest BCUT2D eigenvalue weighted by Gasteiger charge is -2.41. The molecule has 28 heavy (non-hydrogen) atoms. The fourth-order valence-corrected chi connectivity index (χ4v) is 5.53. The van der Waals surface area contributed by atoms with E-state index in [1.165, 1.54) is 63.4 Å². The van der Waals surface area contributed by atoms with Crippen LogP contribution < -0.4 is 4.74 Å². The molecule has 2 aliphatic rings. The largest absolute Gasteiger partial charge is 0.426 e. The van der Waals surface area contributed by atoms with Crippen molar-refractivity contribution >= 4 is 5.97 Å². The molecule has 1 aromatic rings. The Labute approximate surface area is 172 Å². The third-order valence-corrected chi connectivity index (χ3v) is 7.20. The van der Waals surface area contributed by atoms with E-state index in [9.17, 15) is 4.79 Å². The first kappa shape index (κ1) is 21.4. The number of hydrogen-bond donors (Lipinski definition) is 0. The van der Waals surface area contributed by atoms with E-state index in [2.05, 4.69) is 26.0 Å². The van der Waals surface area contributed by atoms with Gasteiger partial charge in [0.2, 0.25) is 0 Å². The monoisotopic (exact) mass is 384 g/mol. The van der Waals surface area contributed by atoms with Crippen LogP contribution in [0.2, 0.25) is 0 Å².